The van der Waals surface area contributed by atoms with Crippen molar-refractivity contribution < 1.29 is 14.1 Å². The third kappa shape index (κ3) is 6.45. The summed E-state index contributed by atoms with van der Waals surface area (Å²) >= 11 is 1.28. The van der Waals surface area contributed by atoms with Crippen LogP contribution in [0.1, 0.15) is 29.6 Å². The highest BCUT2D eigenvalue weighted by molar-refractivity contribution is 8.01. The first-order chi connectivity index (χ1) is 14.8. The molecule has 0 saturated heterocycles. The lowest BCUT2D eigenvalue weighted by atomic mass is 10.1. The van der Waals surface area contributed by atoms with Crippen molar-refractivity contribution in [1.29, 1.82) is 0 Å². The van der Waals surface area contributed by atoms with E-state index in [0.717, 1.165) is 29.1 Å². The maximum absolute atomic E-state index is 12.1. The molecule has 2 amide bonds. The highest BCUT2D eigenvalue weighted by Gasteiger charge is 2.16. The molecule has 8 nitrogen and oxygen atoms in total. The van der Waals surface area contributed by atoms with Crippen molar-refractivity contribution in [2.75, 3.05) is 17.6 Å². The molecule has 31 heavy (non-hydrogen) atoms. The normalized spacial score (nSPS) is 11.9. The Morgan fingerprint density at radius 1 is 1.16 bits per heavy atom. The van der Waals surface area contributed by atoms with Gasteiger partial charge in [-0.2, -0.15) is 5.10 Å². The average Bonchev–Trinajstić information content (AvgIpc) is 3.30. The lowest BCUT2D eigenvalue weighted by Crippen LogP contribution is -2.30. The molecule has 3 aromatic rings. The van der Waals surface area contributed by atoms with Gasteiger partial charge in [0.05, 0.1) is 22.4 Å². The molecule has 0 spiro atoms. The molecule has 0 aliphatic rings. The van der Waals surface area contributed by atoms with Gasteiger partial charge in [0.1, 0.15) is 5.76 Å². The van der Waals surface area contributed by atoms with E-state index < -0.39 is 0 Å². The predicted molar refractivity (Wildman–Crippen MR) is 122 cm³/mol. The molecular weight excluding hydrogens is 414 g/mol. The number of thioether (sulfide) groups is 1. The van der Waals surface area contributed by atoms with Gasteiger partial charge in [0, 0.05) is 18.3 Å². The van der Waals surface area contributed by atoms with Crippen LogP contribution in [-0.4, -0.2) is 44.3 Å². The number of aromatic nitrogens is 3. The highest BCUT2D eigenvalue weighted by Crippen LogP contribution is 2.15. The number of anilines is 1. The molecule has 0 radical (unpaired) electrons. The topological polar surface area (TPSA) is 102 Å². The van der Waals surface area contributed by atoms with Gasteiger partial charge in [-0.25, -0.2) is 4.68 Å². The number of aryl methyl sites for hydroxylation is 3. The van der Waals surface area contributed by atoms with Crippen molar-refractivity contribution >= 4 is 29.4 Å². The van der Waals surface area contributed by atoms with E-state index in [0.29, 0.717) is 18.1 Å². The van der Waals surface area contributed by atoms with Gasteiger partial charge < -0.3 is 15.2 Å². The Morgan fingerprint density at radius 3 is 2.52 bits per heavy atom. The van der Waals surface area contributed by atoms with Crippen LogP contribution in [0, 0.1) is 20.8 Å². The van der Waals surface area contributed by atoms with Gasteiger partial charge in [0.2, 0.25) is 11.8 Å². The summed E-state index contributed by atoms with van der Waals surface area (Å²) in [6.07, 6.45) is 0.732. The largest absolute Gasteiger partial charge is 0.360 e. The van der Waals surface area contributed by atoms with Crippen molar-refractivity contribution in [1.82, 2.24) is 20.3 Å². The second kappa shape index (κ2) is 10.3. The van der Waals surface area contributed by atoms with Gasteiger partial charge in [0.15, 0.2) is 5.82 Å². The Labute approximate surface area is 185 Å². The van der Waals surface area contributed by atoms with E-state index in [1.165, 1.54) is 11.8 Å². The Hall–Kier alpha value is -3.07. The van der Waals surface area contributed by atoms with Crippen molar-refractivity contribution in [3.63, 3.8) is 0 Å². The van der Waals surface area contributed by atoms with Crippen molar-refractivity contribution in [3.05, 3.63) is 59.1 Å². The standard InChI is InChI=1S/C22H27N5O3S/c1-14-11-15(2)27(25-14)19-7-5-18(6-8-19)9-10-23-21(28)13-31-17(4)22(29)24-20-12-16(3)30-26-20/h5-8,11-12,17H,9-10,13H2,1-4H3,(H,23,28)(H,24,26,29). The number of hydrogen-bond acceptors (Lipinski definition) is 6. The van der Waals surface area contributed by atoms with Crippen LogP contribution in [0.5, 0.6) is 0 Å². The minimum Gasteiger partial charge on any atom is -0.360 e. The van der Waals surface area contributed by atoms with E-state index in [1.807, 2.05) is 48.9 Å². The van der Waals surface area contributed by atoms with Gasteiger partial charge in [-0.1, -0.05) is 17.3 Å². The fourth-order valence-corrected chi connectivity index (χ4v) is 3.73. The summed E-state index contributed by atoms with van der Waals surface area (Å²) in [6.45, 7) is 8.05. The molecular formula is C22H27N5O3S. The summed E-state index contributed by atoms with van der Waals surface area (Å²) < 4.78 is 6.84. The molecule has 1 aromatic carbocycles. The number of nitrogens with one attached hydrogen (secondary N) is 2. The number of carbonyl (C=O) groups is 2. The van der Waals surface area contributed by atoms with E-state index >= 15 is 0 Å². The lowest BCUT2D eigenvalue weighted by molar-refractivity contribution is -0.118. The predicted octanol–water partition coefficient (Wildman–Crippen LogP) is 3.20. The molecule has 0 fully saturated rings. The molecule has 2 aromatic heterocycles. The van der Waals surface area contributed by atoms with Crippen molar-refractivity contribution in [3.8, 4) is 5.69 Å². The van der Waals surface area contributed by atoms with Crippen molar-refractivity contribution in [2.45, 2.75) is 39.4 Å². The van der Waals surface area contributed by atoms with E-state index in [1.54, 1.807) is 19.9 Å². The lowest BCUT2D eigenvalue weighted by Gasteiger charge is -2.11. The summed E-state index contributed by atoms with van der Waals surface area (Å²) in [5.74, 6) is 0.901. The van der Waals surface area contributed by atoms with Gasteiger partial charge in [0.25, 0.3) is 0 Å². The Morgan fingerprint density at radius 2 is 1.90 bits per heavy atom. The summed E-state index contributed by atoms with van der Waals surface area (Å²) in [5.41, 5.74) is 4.23. The zero-order valence-corrected chi connectivity index (χ0v) is 19.0. The first-order valence-corrected chi connectivity index (χ1v) is 11.1. The van der Waals surface area contributed by atoms with Gasteiger partial charge in [-0.15, -0.1) is 11.8 Å². The summed E-state index contributed by atoms with van der Waals surface area (Å²) in [7, 11) is 0. The molecule has 164 valence electrons. The fourth-order valence-electron chi connectivity index (χ4n) is 3.02. The molecule has 1 atom stereocenters. The smallest absolute Gasteiger partial charge is 0.238 e. The van der Waals surface area contributed by atoms with Crippen LogP contribution < -0.4 is 10.6 Å². The molecule has 2 heterocycles. The SMILES string of the molecule is Cc1cc(C)n(-c2ccc(CCNC(=O)CSC(C)C(=O)Nc3cc(C)on3)cc2)n1. The molecule has 0 saturated carbocycles. The number of amides is 2. The average molecular weight is 442 g/mol. The first-order valence-electron chi connectivity index (χ1n) is 10.1. The summed E-state index contributed by atoms with van der Waals surface area (Å²) in [4.78, 5) is 24.2. The Kier molecular flexibility index (Phi) is 7.51. The van der Waals surface area contributed by atoms with Crippen LogP contribution in [0.15, 0.2) is 40.9 Å². The van der Waals surface area contributed by atoms with E-state index in [9.17, 15) is 9.59 Å². The second-order valence-corrected chi connectivity index (χ2v) is 8.70. The van der Waals surface area contributed by atoms with Crippen LogP contribution in [0.3, 0.4) is 0 Å². The van der Waals surface area contributed by atoms with Crippen LogP contribution in [-0.2, 0) is 16.0 Å². The first kappa shape index (κ1) is 22.6. The quantitative estimate of drug-likeness (QED) is 0.529. The van der Waals surface area contributed by atoms with Crippen LogP contribution in [0.25, 0.3) is 5.69 Å². The molecule has 9 heteroatoms. The van der Waals surface area contributed by atoms with E-state index in [4.69, 9.17) is 4.52 Å². The number of rotatable bonds is 9. The van der Waals surface area contributed by atoms with Crippen molar-refractivity contribution in [2.24, 2.45) is 0 Å². The molecule has 1 unspecified atom stereocenters. The molecule has 0 aliphatic carbocycles. The minimum absolute atomic E-state index is 0.0961. The van der Waals surface area contributed by atoms with Crippen LogP contribution in [0.2, 0.25) is 0 Å². The van der Waals surface area contributed by atoms with Crippen LogP contribution in [0.4, 0.5) is 5.82 Å². The maximum atomic E-state index is 12.1. The van der Waals surface area contributed by atoms with Gasteiger partial charge in [-0.3, -0.25) is 9.59 Å². The molecule has 2 N–H and O–H groups in total. The third-order valence-corrected chi connectivity index (χ3v) is 5.78. The Balaban J connectivity index is 1.38. The third-order valence-electron chi connectivity index (χ3n) is 4.64. The monoisotopic (exact) mass is 441 g/mol. The van der Waals surface area contributed by atoms with Gasteiger partial charge >= 0.3 is 0 Å². The molecule has 0 bridgehead atoms. The summed E-state index contributed by atoms with van der Waals surface area (Å²) in [6, 6.07) is 11.8. The zero-order valence-electron chi connectivity index (χ0n) is 18.1. The molecule has 0 aliphatic heterocycles. The van der Waals surface area contributed by atoms with Crippen LogP contribution >= 0.6 is 11.8 Å². The molecule has 3 rings (SSSR count). The fraction of sp³-hybridized carbons (Fsp3) is 0.364. The second-order valence-electron chi connectivity index (χ2n) is 7.37. The number of nitrogens with zero attached hydrogens (tertiary/aromatic N) is 3. The maximum Gasteiger partial charge on any atom is 0.238 e. The van der Waals surface area contributed by atoms with Gasteiger partial charge in [-0.05, 0) is 57.9 Å². The Bertz CT molecular complexity index is 1040. The van der Waals surface area contributed by atoms with E-state index in [-0.39, 0.29) is 22.8 Å². The minimum atomic E-state index is -0.385. The highest BCUT2D eigenvalue weighted by atomic mass is 32.2. The number of carbonyl (C=O) groups excluding carboxylic acids is 2. The van der Waals surface area contributed by atoms with E-state index in [2.05, 4.69) is 20.9 Å². The number of hydrogen-bond donors (Lipinski definition) is 2. The zero-order chi connectivity index (χ0) is 22.4. The number of benzene rings is 1. The summed E-state index contributed by atoms with van der Waals surface area (Å²) in [5, 5.41) is 13.4.